The van der Waals surface area contributed by atoms with Crippen LogP contribution in [-0.2, 0) is 4.79 Å². The van der Waals surface area contributed by atoms with Crippen molar-refractivity contribution < 1.29 is 4.79 Å². The Bertz CT molecular complexity index is 130. The van der Waals surface area contributed by atoms with Crippen molar-refractivity contribution in [1.82, 2.24) is 5.32 Å². The van der Waals surface area contributed by atoms with Crippen molar-refractivity contribution in [2.75, 3.05) is 18.6 Å². The molecule has 1 amide bonds. The monoisotopic (exact) mass is 190 g/mol. The lowest BCUT2D eigenvalue weighted by Gasteiger charge is -2.08. The molecule has 3 nitrogen and oxygen atoms in total. The van der Waals surface area contributed by atoms with Gasteiger partial charge in [0.1, 0.15) is 0 Å². The fraction of sp³-hybridized carbons (Fsp3) is 0.875. The SMILES string of the molecule is CC[C@@H](N)C(=O)NCCCSC. The lowest BCUT2D eigenvalue weighted by molar-refractivity contribution is -0.122. The Morgan fingerprint density at radius 1 is 1.67 bits per heavy atom. The summed E-state index contributed by atoms with van der Waals surface area (Å²) in [5.41, 5.74) is 5.51. The first-order valence-corrected chi connectivity index (χ1v) is 5.64. The first kappa shape index (κ1) is 11.8. The molecule has 0 spiro atoms. The van der Waals surface area contributed by atoms with Crippen LogP contribution >= 0.6 is 11.8 Å². The van der Waals surface area contributed by atoms with E-state index < -0.39 is 0 Å². The third-order valence-corrected chi connectivity index (χ3v) is 2.30. The molecule has 3 N–H and O–H groups in total. The van der Waals surface area contributed by atoms with Crippen molar-refractivity contribution >= 4 is 17.7 Å². The maximum absolute atomic E-state index is 11.1. The number of hydrogen-bond donors (Lipinski definition) is 2. The summed E-state index contributed by atoms with van der Waals surface area (Å²) in [6.45, 7) is 2.65. The molecule has 72 valence electrons. The summed E-state index contributed by atoms with van der Waals surface area (Å²) in [5, 5.41) is 2.79. The third kappa shape index (κ3) is 5.43. The van der Waals surface area contributed by atoms with Gasteiger partial charge in [0.25, 0.3) is 0 Å². The van der Waals surface area contributed by atoms with E-state index in [-0.39, 0.29) is 11.9 Å². The number of nitrogens with one attached hydrogen (secondary N) is 1. The molecule has 0 radical (unpaired) electrons. The quantitative estimate of drug-likeness (QED) is 0.603. The second-order valence-corrected chi connectivity index (χ2v) is 3.64. The maximum Gasteiger partial charge on any atom is 0.236 e. The van der Waals surface area contributed by atoms with Crippen LogP contribution in [0.1, 0.15) is 19.8 Å². The van der Waals surface area contributed by atoms with Crippen molar-refractivity contribution in [2.45, 2.75) is 25.8 Å². The van der Waals surface area contributed by atoms with Crippen LogP contribution in [0, 0.1) is 0 Å². The zero-order valence-electron chi connectivity index (χ0n) is 7.80. The highest BCUT2D eigenvalue weighted by Gasteiger charge is 2.08. The van der Waals surface area contributed by atoms with Crippen molar-refractivity contribution in [2.24, 2.45) is 5.73 Å². The lowest BCUT2D eigenvalue weighted by Crippen LogP contribution is -2.40. The van der Waals surface area contributed by atoms with Gasteiger partial charge in [0.05, 0.1) is 6.04 Å². The largest absolute Gasteiger partial charge is 0.355 e. The van der Waals surface area contributed by atoms with Crippen molar-refractivity contribution in [3.63, 3.8) is 0 Å². The zero-order chi connectivity index (χ0) is 9.40. The van der Waals surface area contributed by atoms with Gasteiger partial charge in [-0.05, 0) is 24.9 Å². The summed E-state index contributed by atoms with van der Waals surface area (Å²) in [6, 6.07) is -0.334. The number of rotatable bonds is 6. The number of carbonyl (C=O) groups excluding carboxylic acids is 1. The van der Waals surface area contributed by atoms with Crippen molar-refractivity contribution in [3.05, 3.63) is 0 Å². The van der Waals surface area contributed by atoms with Crippen LogP contribution in [-0.4, -0.2) is 30.5 Å². The first-order chi connectivity index (χ1) is 5.72. The molecule has 0 heterocycles. The van der Waals surface area contributed by atoms with E-state index in [1.54, 1.807) is 11.8 Å². The van der Waals surface area contributed by atoms with Gasteiger partial charge in [0.15, 0.2) is 0 Å². The van der Waals surface area contributed by atoms with E-state index >= 15 is 0 Å². The minimum absolute atomic E-state index is 0.0291. The van der Waals surface area contributed by atoms with Gasteiger partial charge in [0, 0.05) is 6.54 Å². The number of carbonyl (C=O) groups is 1. The highest BCUT2D eigenvalue weighted by Crippen LogP contribution is 1.93. The summed E-state index contributed by atoms with van der Waals surface area (Å²) < 4.78 is 0. The minimum Gasteiger partial charge on any atom is -0.355 e. The third-order valence-electron chi connectivity index (χ3n) is 1.60. The molecule has 0 unspecified atom stereocenters. The van der Waals surface area contributed by atoms with E-state index in [1.165, 1.54) is 0 Å². The molecule has 0 saturated carbocycles. The molecule has 1 atom stereocenters. The Kier molecular flexibility index (Phi) is 7.29. The van der Waals surface area contributed by atoms with Gasteiger partial charge in [-0.2, -0.15) is 11.8 Å². The number of nitrogens with two attached hydrogens (primary N) is 1. The molecule has 0 aliphatic carbocycles. The molecule has 0 rings (SSSR count). The van der Waals surface area contributed by atoms with Crippen LogP contribution in [0.5, 0.6) is 0 Å². The molecule has 0 saturated heterocycles. The lowest BCUT2D eigenvalue weighted by atomic mass is 10.2. The standard InChI is InChI=1S/C8H18N2OS/c1-3-7(9)8(11)10-5-4-6-12-2/h7H,3-6,9H2,1-2H3,(H,10,11)/t7-/m1/s1. The predicted molar refractivity (Wildman–Crippen MR) is 54.3 cm³/mol. The molecular formula is C8H18N2OS. The van der Waals surface area contributed by atoms with Gasteiger partial charge < -0.3 is 11.1 Å². The molecular weight excluding hydrogens is 172 g/mol. The van der Waals surface area contributed by atoms with Crippen LogP contribution < -0.4 is 11.1 Å². The number of hydrogen-bond acceptors (Lipinski definition) is 3. The van der Waals surface area contributed by atoms with Gasteiger partial charge in [-0.25, -0.2) is 0 Å². The Hall–Kier alpha value is -0.220. The van der Waals surface area contributed by atoms with E-state index in [2.05, 4.69) is 11.6 Å². The average Bonchev–Trinajstić information content (AvgIpc) is 2.10. The molecule has 12 heavy (non-hydrogen) atoms. The Morgan fingerprint density at radius 3 is 2.83 bits per heavy atom. The molecule has 0 bridgehead atoms. The van der Waals surface area contributed by atoms with Gasteiger partial charge in [-0.1, -0.05) is 6.92 Å². The summed E-state index contributed by atoms with van der Waals surface area (Å²) in [5.74, 6) is 1.06. The van der Waals surface area contributed by atoms with Crippen molar-refractivity contribution in [3.8, 4) is 0 Å². The molecule has 0 aromatic rings. The summed E-state index contributed by atoms with van der Waals surface area (Å²) in [6.07, 6.45) is 3.78. The summed E-state index contributed by atoms with van der Waals surface area (Å²) in [4.78, 5) is 11.1. The Labute approximate surface area is 78.5 Å². The normalized spacial score (nSPS) is 12.6. The molecule has 0 aromatic heterocycles. The second-order valence-electron chi connectivity index (χ2n) is 2.65. The first-order valence-electron chi connectivity index (χ1n) is 4.24. The Balaban J connectivity index is 3.31. The van der Waals surface area contributed by atoms with E-state index in [0.717, 1.165) is 18.7 Å². The van der Waals surface area contributed by atoms with Crippen LogP contribution in [0.2, 0.25) is 0 Å². The van der Waals surface area contributed by atoms with Gasteiger partial charge in [0.2, 0.25) is 5.91 Å². The van der Waals surface area contributed by atoms with Crippen LogP contribution in [0.3, 0.4) is 0 Å². The highest BCUT2D eigenvalue weighted by atomic mass is 32.2. The Morgan fingerprint density at radius 2 is 2.33 bits per heavy atom. The van der Waals surface area contributed by atoms with Gasteiger partial charge in [-0.3, -0.25) is 4.79 Å². The highest BCUT2D eigenvalue weighted by molar-refractivity contribution is 7.98. The molecule has 0 aromatic carbocycles. The number of amides is 1. The molecule has 0 fully saturated rings. The van der Waals surface area contributed by atoms with Crippen LogP contribution in [0.25, 0.3) is 0 Å². The molecule has 0 aliphatic rings. The van der Waals surface area contributed by atoms with Crippen LogP contribution in [0.15, 0.2) is 0 Å². The average molecular weight is 190 g/mol. The topological polar surface area (TPSA) is 55.1 Å². The molecule has 4 heteroatoms. The smallest absolute Gasteiger partial charge is 0.236 e. The van der Waals surface area contributed by atoms with E-state index in [0.29, 0.717) is 6.42 Å². The van der Waals surface area contributed by atoms with Gasteiger partial charge in [-0.15, -0.1) is 0 Å². The maximum atomic E-state index is 11.1. The minimum atomic E-state index is -0.334. The van der Waals surface area contributed by atoms with Crippen molar-refractivity contribution in [1.29, 1.82) is 0 Å². The zero-order valence-corrected chi connectivity index (χ0v) is 8.62. The second kappa shape index (κ2) is 7.43. The number of thioether (sulfide) groups is 1. The van der Waals surface area contributed by atoms with E-state index in [4.69, 9.17) is 5.73 Å². The van der Waals surface area contributed by atoms with E-state index in [1.807, 2.05) is 6.92 Å². The fourth-order valence-corrected chi connectivity index (χ4v) is 1.18. The molecule has 0 aliphatic heterocycles. The fourth-order valence-electron chi connectivity index (χ4n) is 0.745. The summed E-state index contributed by atoms with van der Waals surface area (Å²) >= 11 is 1.78. The van der Waals surface area contributed by atoms with E-state index in [9.17, 15) is 4.79 Å². The predicted octanol–water partition coefficient (Wildman–Crippen LogP) is 0.593. The summed E-state index contributed by atoms with van der Waals surface area (Å²) in [7, 11) is 0. The van der Waals surface area contributed by atoms with Crippen LogP contribution in [0.4, 0.5) is 0 Å². The van der Waals surface area contributed by atoms with Gasteiger partial charge >= 0.3 is 0 Å².